The van der Waals surface area contributed by atoms with Gasteiger partial charge in [-0.3, -0.25) is 4.79 Å². The van der Waals surface area contributed by atoms with Gasteiger partial charge in [0.1, 0.15) is 11.6 Å². The van der Waals surface area contributed by atoms with Gasteiger partial charge in [0.05, 0.1) is 6.54 Å². The number of benzene rings is 1. The van der Waals surface area contributed by atoms with Crippen LogP contribution in [0, 0.1) is 11.7 Å². The van der Waals surface area contributed by atoms with Crippen molar-refractivity contribution in [3.63, 3.8) is 0 Å². The van der Waals surface area contributed by atoms with Crippen molar-refractivity contribution in [2.45, 2.75) is 38.0 Å². The molecule has 1 aromatic rings. The van der Waals surface area contributed by atoms with Gasteiger partial charge < -0.3 is 20.7 Å². The molecule has 3 fully saturated rings. The van der Waals surface area contributed by atoms with Crippen LogP contribution in [-0.4, -0.2) is 35.5 Å². The molecule has 3 amide bonds. The smallest absolute Gasteiger partial charge is 0.387 e. The maximum atomic E-state index is 14.1. The molecule has 25 heavy (non-hydrogen) atoms. The molecule has 0 atom stereocenters. The summed E-state index contributed by atoms with van der Waals surface area (Å²) < 4.78 is 43.1. The van der Waals surface area contributed by atoms with E-state index in [1.807, 2.05) is 0 Å². The molecule has 3 aliphatic rings. The number of hydrogen-bond donors (Lipinski definition) is 2. The lowest BCUT2D eigenvalue weighted by Crippen LogP contribution is -2.70. The highest BCUT2D eigenvalue weighted by molar-refractivity contribution is 5.84. The molecule has 1 aromatic carbocycles. The van der Waals surface area contributed by atoms with E-state index in [1.54, 1.807) is 0 Å². The molecule has 0 heterocycles. The third-order valence-corrected chi connectivity index (χ3v) is 4.86. The lowest BCUT2D eigenvalue weighted by atomic mass is 9.49. The van der Waals surface area contributed by atoms with Crippen LogP contribution < -0.4 is 15.8 Å². The lowest BCUT2D eigenvalue weighted by Gasteiger charge is -2.66. The van der Waals surface area contributed by atoms with Gasteiger partial charge >= 0.3 is 12.6 Å². The van der Waals surface area contributed by atoms with Gasteiger partial charge in [0.15, 0.2) is 0 Å². The van der Waals surface area contributed by atoms with Crippen LogP contribution in [0.1, 0.15) is 24.8 Å². The van der Waals surface area contributed by atoms with Gasteiger partial charge in [-0.2, -0.15) is 8.78 Å². The predicted octanol–water partition coefficient (Wildman–Crippen LogP) is 1.98. The first-order valence-electron chi connectivity index (χ1n) is 7.86. The minimum atomic E-state index is -3.02. The Morgan fingerprint density at radius 3 is 2.56 bits per heavy atom. The predicted molar refractivity (Wildman–Crippen MR) is 81.2 cm³/mol. The SMILES string of the molecule is NC(=O)NCC(=O)N(Cc1cc(OC(F)F)ccc1F)C12CC(C1)C2. The molecule has 4 rings (SSSR count). The van der Waals surface area contributed by atoms with Gasteiger partial charge in [0.2, 0.25) is 5.91 Å². The number of primary amides is 1. The molecule has 3 N–H and O–H groups in total. The van der Waals surface area contributed by atoms with E-state index in [1.165, 1.54) is 4.90 Å². The van der Waals surface area contributed by atoms with E-state index in [-0.39, 0.29) is 29.9 Å². The molecule has 3 saturated carbocycles. The number of carbonyl (C=O) groups is 2. The van der Waals surface area contributed by atoms with E-state index in [9.17, 15) is 22.8 Å². The molecule has 0 spiro atoms. The topological polar surface area (TPSA) is 84.7 Å². The number of amides is 3. The van der Waals surface area contributed by atoms with Crippen molar-refractivity contribution in [2.75, 3.05) is 6.54 Å². The molecule has 136 valence electrons. The number of alkyl halides is 2. The molecular weight excluding hydrogens is 339 g/mol. The molecule has 0 unspecified atom stereocenters. The number of nitrogens with one attached hydrogen (secondary N) is 1. The van der Waals surface area contributed by atoms with Crippen LogP contribution in [0.5, 0.6) is 5.75 Å². The van der Waals surface area contributed by atoms with Crippen LogP contribution in [0.25, 0.3) is 0 Å². The lowest BCUT2D eigenvalue weighted by molar-refractivity contribution is -0.173. The van der Waals surface area contributed by atoms with Crippen LogP contribution in [0.4, 0.5) is 18.0 Å². The summed E-state index contributed by atoms with van der Waals surface area (Å²) in [5.74, 6) is -0.616. The second-order valence-corrected chi connectivity index (χ2v) is 6.53. The van der Waals surface area contributed by atoms with E-state index >= 15 is 0 Å². The number of halogens is 3. The van der Waals surface area contributed by atoms with Crippen molar-refractivity contribution >= 4 is 11.9 Å². The number of ether oxygens (including phenoxy) is 1. The van der Waals surface area contributed by atoms with Gasteiger partial charge in [0, 0.05) is 17.6 Å². The van der Waals surface area contributed by atoms with E-state index in [2.05, 4.69) is 10.1 Å². The number of urea groups is 1. The van der Waals surface area contributed by atoms with Crippen LogP contribution >= 0.6 is 0 Å². The Hall–Kier alpha value is -2.45. The van der Waals surface area contributed by atoms with Crippen molar-refractivity contribution in [1.82, 2.24) is 10.2 Å². The molecular formula is C16H18F3N3O3. The number of carbonyl (C=O) groups excluding carboxylic acids is 2. The van der Waals surface area contributed by atoms with Crippen LogP contribution in [0.15, 0.2) is 18.2 Å². The van der Waals surface area contributed by atoms with Crippen LogP contribution in [-0.2, 0) is 11.3 Å². The molecule has 0 radical (unpaired) electrons. The number of nitrogens with two attached hydrogens (primary N) is 1. The summed E-state index contributed by atoms with van der Waals surface area (Å²) in [6, 6.07) is 2.46. The van der Waals surface area contributed by atoms with Gasteiger partial charge in [-0.1, -0.05) is 0 Å². The van der Waals surface area contributed by atoms with Gasteiger partial charge in [-0.15, -0.1) is 0 Å². The Labute approximate surface area is 142 Å². The summed E-state index contributed by atoms with van der Waals surface area (Å²) in [7, 11) is 0. The van der Waals surface area contributed by atoms with E-state index in [0.29, 0.717) is 5.92 Å². The summed E-state index contributed by atoms with van der Waals surface area (Å²) in [4.78, 5) is 24.8. The fraction of sp³-hybridized carbons (Fsp3) is 0.500. The molecule has 0 aromatic heterocycles. The summed E-state index contributed by atoms with van der Waals surface area (Å²) >= 11 is 0. The van der Waals surface area contributed by atoms with Crippen molar-refractivity contribution in [2.24, 2.45) is 11.7 Å². The summed E-state index contributed by atoms with van der Waals surface area (Å²) in [6.07, 6.45) is 2.47. The Morgan fingerprint density at radius 1 is 1.36 bits per heavy atom. The quantitative estimate of drug-likeness (QED) is 0.783. The zero-order valence-corrected chi connectivity index (χ0v) is 13.3. The normalized spacial score (nSPS) is 23.4. The van der Waals surface area contributed by atoms with Crippen LogP contribution in [0.2, 0.25) is 0 Å². The van der Waals surface area contributed by atoms with Crippen LogP contribution in [0.3, 0.4) is 0 Å². The monoisotopic (exact) mass is 357 g/mol. The van der Waals surface area contributed by atoms with Crippen molar-refractivity contribution in [3.05, 3.63) is 29.6 Å². The first kappa shape index (κ1) is 17.4. The average Bonchev–Trinajstić information content (AvgIpc) is 2.43. The Balaban J connectivity index is 1.78. The zero-order valence-electron chi connectivity index (χ0n) is 13.3. The molecule has 6 nitrogen and oxygen atoms in total. The number of hydrogen-bond acceptors (Lipinski definition) is 3. The van der Waals surface area contributed by atoms with Gasteiger partial charge in [0.25, 0.3) is 0 Å². The maximum Gasteiger partial charge on any atom is 0.387 e. The molecule has 0 saturated heterocycles. The molecule has 0 aliphatic heterocycles. The molecule has 9 heteroatoms. The largest absolute Gasteiger partial charge is 0.435 e. The van der Waals surface area contributed by atoms with Gasteiger partial charge in [-0.05, 0) is 43.4 Å². The number of rotatable bonds is 7. The summed E-state index contributed by atoms with van der Waals surface area (Å²) in [5.41, 5.74) is 4.72. The summed E-state index contributed by atoms with van der Waals surface area (Å²) in [5, 5.41) is 2.23. The Kier molecular flexibility index (Phi) is 4.49. The minimum Gasteiger partial charge on any atom is -0.435 e. The first-order chi connectivity index (χ1) is 11.8. The number of nitrogens with zero attached hydrogens (tertiary/aromatic N) is 1. The summed E-state index contributed by atoms with van der Waals surface area (Å²) in [6.45, 7) is -3.40. The third-order valence-electron chi connectivity index (χ3n) is 4.86. The van der Waals surface area contributed by atoms with E-state index < -0.39 is 24.4 Å². The zero-order chi connectivity index (χ0) is 18.2. The fourth-order valence-corrected chi connectivity index (χ4v) is 3.56. The highest BCUT2D eigenvalue weighted by atomic mass is 19.3. The Bertz CT molecular complexity index is 681. The van der Waals surface area contributed by atoms with E-state index in [4.69, 9.17) is 5.73 Å². The highest BCUT2D eigenvalue weighted by Crippen LogP contribution is 2.60. The average molecular weight is 357 g/mol. The fourth-order valence-electron chi connectivity index (χ4n) is 3.56. The highest BCUT2D eigenvalue weighted by Gasteiger charge is 2.61. The standard InChI is InChI=1S/C16H18F3N3O3/c17-12-2-1-11(25-14(18)19)3-10(12)8-22(13(23)7-21-15(20)24)16-4-9(5-16)6-16/h1-3,9,14H,4-8H2,(H3,20,21,24). The second-order valence-electron chi connectivity index (χ2n) is 6.53. The van der Waals surface area contributed by atoms with Crippen molar-refractivity contribution in [3.8, 4) is 5.75 Å². The molecule has 3 aliphatic carbocycles. The van der Waals surface area contributed by atoms with Crippen molar-refractivity contribution in [1.29, 1.82) is 0 Å². The van der Waals surface area contributed by atoms with Crippen molar-refractivity contribution < 1.29 is 27.5 Å². The van der Waals surface area contributed by atoms with Gasteiger partial charge in [-0.25, -0.2) is 9.18 Å². The van der Waals surface area contributed by atoms with E-state index in [0.717, 1.165) is 37.5 Å². The second kappa shape index (κ2) is 6.45. The molecule has 2 bridgehead atoms. The first-order valence-corrected chi connectivity index (χ1v) is 7.86. The minimum absolute atomic E-state index is 0.0790. The maximum absolute atomic E-state index is 14.1. The Morgan fingerprint density at radius 2 is 2.04 bits per heavy atom. The third kappa shape index (κ3) is 3.49.